The molecule has 0 radical (unpaired) electrons. The Morgan fingerprint density at radius 2 is 2.00 bits per heavy atom. The lowest BCUT2D eigenvalue weighted by atomic mass is 9.70. The van der Waals surface area contributed by atoms with Crippen LogP contribution in [0.15, 0.2) is 28.9 Å². The lowest BCUT2D eigenvalue weighted by molar-refractivity contribution is -0.135. The van der Waals surface area contributed by atoms with Gasteiger partial charge in [-0.05, 0) is 24.5 Å². The number of hydrogen-bond acceptors (Lipinski definition) is 6. The predicted octanol–water partition coefficient (Wildman–Crippen LogP) is 2.21. The minimum absolute atomic E-state index is 0.0111. The van der Waals surface area contributed by atoms with Crippen LogP contribution in [-0.4, -0.2) is 63.0 Å². The number of hydrogen-bond donors (Lipinski definition) is 0. The van der Waals surface area contributed by atoms with E-state index in [-0.39, 0.29) is 29.1 Å². The molecule has 2 aromatic rings. The molecule has 2 aromatic heterocycles. The number of amides is 2. The van der Waals surface area contributed by atoms with E-state index in [1.165, 1.54) is 0 Å². The maximum atomic E-state index is 12.8. The highest BCUT2D eigenvalue weighted by Gasteiger charge is 2.52. The summed E-state index contributed by atoms with van der Waals surface area (Å²) in [6.45, 7) is 8.27. The lowest BCUT2D eigenvalue weighted by Gasteiger charge is -2.41. The van der Waals surface area contributed by atoms with Gasteiger partial charge in [-0.25, -0.2) is 0 Å². The van der Waals surface area contributed by atoms with Crippen LogP contribution in [0.25, 0.3) is 0 Å². The normalized spacial score (nSPS) is 20.9. The van der Waals surface area contributed by atoms with Gasteiger partial charge in [0.15, 0.2) is 0 Å². The topological polar surface area (TPSA) is 92.4 Å². The second-order valence-electron chi connectivity index (χ2n) is 8.87. The summed E-state index contributed by atoms with van der Waals surface area (Å²) in [7, 11) is 0. The Labute approximate surface area is 176 Å². The summed E-state index contributed by atoms with van der Waals surface area (Å²) in [5.74, 6) is 1.39. The van der Waals surface area contributed by atoms with E-state index in [4.69, 9.17) is 4.42 Å². The zero-order valence-corrected chi connectivity index (χ0v) is 17.9. The number of piperidine rings is 1. The standard InChI is InChI=1S/C22H29N5O3/c1-15(2)21(29)27-13-18(20-25-24-16(3)30-20)22(14-27)6-9-26(10-7-22)19(28)11-17-5-4-8-23-12-17/h4-5,8,12,15,18H,6-7,9-11,13-14H2,1-3H3. The maximum Gasteiger partial charge on any atom is 0.227 e. The molecule has 1 spiro atoms. The minimum Gasteiger partial charge on any atom is -0.425 e. The van der Waals surface area contributed by atoms with Crippen LogP contribution in [-0.2, 0) is 16.0 Å². The van der Waals surface area contributed by atoms with Gasteiger partial charge in [-0.2, -0.15) is 0 Å². The number of pyridine rings is 1. The molecule has 0 bridgehead atoms. The predicted molar refractivity (Wildman–Crippen MR) is 109 cm³/mol. The van der Waals surface area contributed by atoms with Gasteiger partial charge < -0.3 is 14.2 Å². The van der Waals surface area contributed by atoms with Crippen molar-refractivity contribution in [2.45, 2.75) is 46.0 Å². The molecule has 8 heteroatoms. The zero-order valence-electron chi connectivity index (χ0n) is 17.9. The van der Waals surface area contributed by atoms with Gasteiger partial charge in [0.25, 0.3) is 0 Å². The molecule has 30 heavy (non-hydrogen) atoms. The van der Waals surface area contributed by atoms with Crippen molar-refractivity contribution in [2.75, 3.05) is 26.2 Å². The van der Waals surface area contributed by atoms with E-state index >= 15 is 0 Å². The molecule has 2 fully saturated rings. The molecule has 2 aliphatic heterocycles. The van der Waals surface area contributed by atoms with Crippen LogP contribution >= 0.6 is 0 Å². The largest absolute Gasteiger partial charge is 0.425 e. The number of carbonyl (C=O) groups is 2. The van der Waals surface area contributed by atoms with E-state index in [9.17, 15) is 9.59 Å². The monoisotopic (exact) mass is 411 g/mol. The highest BCUT2D eigenvalue weighted by Crippen LogP contribution is 2.49. The Kier molecular flexibility index (Phi) is 5.58. The van der Waals surface area contributed by atoms with Gasteiger partial charge >= 0.3 is 0 Å². The number of carbonyl (C=O) groups excluding carboxylic acids is 2. The fourth-order valence-electron chi connectivity index (χ4n) is 4.79. The quantitative estimate of drug-likeness (QED) is 0.766. The van der Waals surface area contributed by atoms with Crippen LogP contribution < -0.4 is 0 Å². The summed E-state index contributed by atoms with van der Waals surface area (Å²) in [5.41, 5.74) is 0.797. The first-order chi connectivity index (χ1) is 14.4. The Bertz CT molecular complexity index is 903. The van der Waals surface area contributed by atoms with Crippen LogP contribution in [0.3, 0.4) is 0 Å². The van der Waals surface area contributed by atoms with Crippen molar-refractivity contribution in [1.29, 1.82) is 0 Å². The molecule has 2 saturated heterocycles. The van der Waals surface area contributed by atoms with Gasteiger partial charge in [-0.1, -0.05) is 19.9 Å². The summed E-state index contributed by atoms with van der Waals surface area (Å²) < 4.78 is 5.79. The number of nitrogens with zero attached hydrogens (tertiary/aromatic N) is 5. The molecular weight excluding hydrogens is 382 g/mol. The van der Waals surface area contributed by atoms with Crippen LogP contribution in [0.2, 0.25) is 0 Å². The first-order valence-electron chi connectivity index (χ1n) is 10.6. The fraction of sp³-hybridized carbons (Fsp3) is 0.591. The first kappa shape index (κ1) is 20.5. The number of aryl methyl sites for hydroxylation is 1. The van der Waals surface area contributed by atoms with Gasteiger partial charge in [-0.15, -0.1) is 10.2 Å². The highest BCUT2D eigenvalue weighted by atomic mass is 16.4. The molecule has 160 valence electrons. The Hall–Kier alpha value is -2.77. The summed E-state index contributed by atoms with van der Waals surface area (Å²) in [5, 5.41) is 8.30. The summed E-state index contributed by atoms with van der Waals surface area (Å²) in [4.78, 5) is 33.5. The molecule has 0 N–H and O–H groups in total. The van der Waals surface area contributed by atoms with E-state index in [0.717, 1.165) is 18.4 Å². The van der Waals surface area contributed by atoms with E-state index in [1.54, 1.807) is 19.3 Å². The summed E-state index contributed by atoms with van der Waals surface area (Å²) in [6.07, 6.45) is 5.45. The van der Waals surface area contributed by atoms with Crippen LogP contribution in [0, 0.1) is 18.3 Å². The smallest absolute Gasteiger partial charge is 0.227 e. The average Bonchev–Trinajstić information content (AvgIpc) is 3.32. The molecule has 1 atom stereocenters. The summed E-state index contributed by atoms with van der Waals surface area (Å²) >= 11 is 0. The molecule has 2 amide bonds. The molecule has 0 aliphatic carbocycles. The third-order valence-corrected chi connectivity index (χ3v) is 6.48. The molecule has 1 unspecified atom stereocenters. The van der Waals surface area contributed by atoms with Gasteiger partial charge in [0.1, 0.15) is 0 Å². The van der Waals surface area contributed by atoms with Crippen LogP contribution in [0.1, 0.15) is 50.0 Å². The van der Waals surface area contributed by atoms with E-state index in [1.807, 2.05) is 35.8 Å². The second-order valence-corrected chi connectivity index (χ2v) is 8.87. The zero-order chi connectivity index (χ0) is 21.3. The van der Waals surface area contributed by atoms with Crippen molar-refractivity contribution in [2.24, 2.45) is 11.3 Å². The Morgan fingerprint density at radius 3 is 2.60 bits per heavy atom. The fourth-order valence-corrected chi connectivity index (χ4v) is 4.79. The van der Waals surface area contributed by atoms with E-state index < -0.39 is 0 Å². The molecular formula is C22H29N5O3. The molecule has 4 rings (SSSR count). The lowest BCUT2D eigenvalue weighted by Crippen LogP contribution is -2.46. The van der Waals surface area contributed by atoms with Crippen molar-refractivity contribution < 1.29 is 14.0 Å². The van der Waals surface area contributed by atoms with Gasteiger partial charge in [0.2, 0.25) is 23.6 Å². The molecule has 2 aliphatic rings. The molecule has 4 heterocycles. The van der Waals surface area contributed by atoms with Crippen molar-refractivity contribution in [3.63, 3.8) is 0 Å². The SMILES string of the molecule is Cc1nnc(C2CN(C(=O)C(C)C)CC23CCN(C(=O)Cc2cccnc2)CC3)o1. The van der Waals surface area contributed by atoms with Crippen molar-refractivity contribution >= 4 is 11.8 Å². The number of aromatic nitrogens is 3. The van der Waals surface area contributed by atoms with Gasteiger partial charge in [0.05, 0.1) is 12.3 Å². The molecule has 8 nitrogen and oxygen atoms in total. The van der Waals surface area contributed by atoms with Crippen LogP contribution in [0.4, 0.5) is 0 Å². The third kappa shape index (κ3) is 3.95. The summed E-state index contributed by atoms with van der Waals surface area (Å²) in [6, 6.07) is 3.78. The minimum atomic E-state index is -0.130. The molecule has 0 aromatic carbocycles. The Morgan fingerprint density at radius 1 is 1.23 bits per heavy atom. The maximum absolute atomic E-state index is 12.8. The van der Waals surface area contributed by atoms with Crippen molar-refractivity contribution in [3.05, 3.63) is 41.9 Å². The van der Waals surface area contributed by atoms with Crippen LogP contribution in [0.5, 0.6) is 0 Å². The Balaban J connectivity index is 1.49. The third-order valence-electron chi connectivity index (χ3n) is 6.48. The number of rotatable bonds is 4. The number of likely N-dealkylation sites (tertiary alicyclic amines) is 2. The van der Waals surface area contributed by atoms with Crippen molar-refractivity contribution in [1.82, 2.24) is 25.0 Å². The first-order valence-corrected chi connectivity index (χ1v) is 10.6. The van der Waals surface area contributed by atoms with Crippen molar-refractivity contribution in [3.8, 4) is 0 Å². The average molecular weight is 412 g/mol. The van der Waals surface area contributed by atoms with E-state index in [0.29, 0.717) is 44.4 Å². The highest BCUT2D eigenvalue weighted by molar-refractivity contribution is 5.79. The van der Waals surface area contributed by atoms with Gasteiger partial charge in [-0.3, -0.25) is 14.6 Å². The van der Waals surface area contributed by atoms with Gasteiger partial charge in [0, 0.05) is 56.8 Å². The van der Waals surface area contributed by atoms with E-state index in [2.05, 4.69) is 15.2 Å². The second kappa shape index (κ2) is 8.16. The molecule has 0 saturated carbocycles.